The zero-order chi connectivity index (χ0) is 13.2. The molecule has 19 heavy (non-hydrogen) atoms. The Morgan fingerprint density at radius 3 is 2.89 bits per heavy atom. The van der Waals surface area contributed by atoms with Crippen molar-refractivity contribution in [3.8, 4) is 11.4 Å². The summed E-state index contributed by atoms with van der Waals surface area (Å²) < 4.78 is 9.02. The third kappa shape index (κ3) is 2.24. The number of rotatable bonds is 4. The molecule has 0 atom stereocenters. The first-order valence-corrected chi connectivity index (χ1v) is 6.22. The fourth-order valence-electron chi connectivity index (χ4n) is 2.20. The van der Waals surface area contributed by atoms with E-state index in [0.717, 1.165) is 17.9 Å². The first-order chi connectivity index (χ1) is 9.28. The van der Waals surface area contributed by atoms with Crippen LogP contribution in [0.25, 0.3) is 22.3 Å². The number of hydrogen-bond acceptors (Lipinski definition) is 3. The van der Waals surface area contributed by atoms with Gasteiger partial charge in [-0.15, -0.1) is 0 Å². The number of benzene rings is 1. The van der Waals surface area contributed by atoms with Crippen molar-refractivity contribution < 1.29 is 4.74 Å². The van der Waals surface area contributed by atoms with E-state index in [1.807, 2.05) is 7.05 Å². The minimum absolute atomic E-state index is 0.716. The minimum atomic E-state index is 0.716. The Kier molecular flexibility index (Phi) is 3.05. The number of hydrogen-bond donors (Lipinski definition) is 0. The highest BCUT2D eigenvalue weighted by molar-refractivity contribution is 5.84. The summed E-state index contributed by atoms with van der Waals surface area (Å²) in [5.41, 5.74) is 2.24. The molecule has 0 spiro atoms. The van der Waals surface area contributed by atoms with E-state index in [2.05, 4.69) is 45.1 Å². The van der Waals surface area contributed by atoms with Crippen LogP contribution in [-0.4, -0.2) is 33.0 Å². The Bertz CT molecular complexity index is 698. The van der Waals surface area contributed by atoms with Crippen LogP contribution in [0.2, 0.25) is 0 Å². The molecule has 0 N–H and O–H groups in total. The molecule has 0 aliphatic rings. The van der Waals surface area contributed by atoms with Crippen LogP contribution in [0.4, 0.5) is 0 Å². The van der Waals surface area contributed by atoms with Crippen molar-refractivity contribution in [2.45, 2.75) is 6.54 Å². The second-order valence-electron chi connectivity index (χ2n) is 4.52. The number of ether oxygens (including phenoxy) is 1. The lowest BCUT2D eigenvalue weighted by atomic mass is 10.1. The van der Waals surface area contributed by atoms with Gasteiger partial charge in [0.1, 0.15) is 6.33 Å². The van der Waals surface area contributed by atoms with E-state index in [9.17, 15) is 0 Å². The maximum Gasteiger partial charge on any atom is 0.181 e. The maximum atomic E-state index is 5.12. The number of methoxy groups -OCH3 is 1. The Labute approximate surface area is 111 Å². The van der Waals surface area contributed by atoms with Crippen LogP contribution in [0.1, 0.15) is 0 Å². The fourth-order valence-corrected chi connectivity index (χ4v) is 2.20. The summed E-state index contributed by atoms with van der Waals surface area (Å²) in [6.07, 6.45) is 3.79. The molecule has 1 aromatic carbocycles. The van der Waals surface area contributed by atoms with Gasteiger partial charge in [-0.1, -0.05) is 0 Å². The highest BCUT2D eigenvalue weighted by Crippen LogP contribution is 2.22. The highest BCUT2D eigenvalue weighted by atomic mass is 16.5. The summed E-state index contributed by atoms with van der Waals surface area (Å²) in [7, 11) is 3.59. The van der Waals surface area contributed by atoms with E-state index in [0.29, 0.717) is 6.61 Å². The number of nitrogens with zero attached hydrogens (tertiary/aromatic N) is 4. The van der Waals surface area contributed by atoms with E-state index in [1.54, 1.807) is 18.1 Å². The molecule has 2 aromatic heterocycles. The predicted octanol–water partition coefficient (Wildman–Crippen LogP) is 2.08. The Morgan fingerprint density at radius 2 is 2.16 bits per heavy atom. The molecule has 98 valence electrons. The monoisotopic (exact) mass is 256 g/mol. The fraction of sp³-hybridized carbons (Fsp3) is 0.286. The summed E-state index contributed by atoms with van der Waals surface area (Å²) in [5.74, 6) is 0.758. The van der Waals surface area contributed by atoms with Crippen molar-refractivity contribution in [3.05, 3.63) is 36.8 Å². The number of fused-ring (bicyclic) bond motifs is 1. The van der Waals surface area contributed by atoms with E-state index in [4.69, 9.17) is 4.74 Å². The molecule has 3 rings (SSSR count). The summed E-state index contributed by atoms with van der Waals surface area (Å²) in [6.45, 7) is 1.58. The van der Waals surface area contributed by atoms with Crippen molar-refractivity contribution in [2.24, 2.45) is 7.05 Å². The van der Waals surface area contributed by atoms with E-state index in [1.165, 1.54) is 10.9 Å². The third-order valence-electron chi connectivity index (χ3n) is 3.17. The lowest BCUT2D eigenvalue weighted by molar-refractivity contribution is 0.188. The molecule has 0 unspecified atom stereocenters. The molecule has 3 aromatic rings. The van der Waals surface area contributed by atoms with Gasteiger partial charge in [-0.25, -0.2) is 4.98 Å². The topological polar surface area (TPSA) is 44.9 Å². The SMILES string of the molecule is COCCn1ccc2cc(-c3ncn(C)n3)ccc21. The Morgan fingerprint density at radius 1 is 1.26 bits per heavy atom. The summed E-state index contributed by atoms with van der Waals surface area (Å²) >= 11 is 0. The Balaban J connectivity index is 1.98. The molecule has 0 aliphatic heterocycles. The van der Waals surface area contributed by atoms with Crippen LogP contribution in [0, 0.1) is 0 Å². The van der Waals surface area contributed by atoms with Crippen LogP contribution < -0.4 is 0 Å². The molecule has 0 saturated heterocycles. The molecule has 0 radical (unpaired) electrons. The minimum Gasteiger partial charge on any atom is -0.383 e. The van der Waals surface area contributed by atoms with Gasteiger partial charge in [0.15, 0.2) is 5.82 Å². The largest absolute Gasteiger partial charge is 0.383 e. The summed E-state index contributed by atoms with van der Waals surface area (Å²) in [4.78, 5) is 4.27. The molecule has 5 nitrogen and oxygen atoms in total. The molecular weight excluding hydrogens is 240 g/mol. The molecular formula is C14H16N4O. The average molecular weight is 256 g/mol. The van der Waals surface area contributed by atoms with Gasteiger partial charge in [-0.05, 0) is 24.3 Å². The number of aryl methyl sites for hydroxylation is 1. The second kappa shape index (κ2) is 4.85. The molecule has 5 heteroatoms. The molecule has 0 fully saturated rings. The van der Waals surface area contributed by atoms with Gasteiger partial charge in [0.05, 0.1) is 6.61 Å². The predicted molar refractivity (Wildman–Crippen MR) is 73.8 cm³/mol. The first kappa shape index (κ1) is 11.9. The van der Waals surface area contributed by atoms with Crippen LogP contribution in [0.3, 0.4) is 0 Å². The van der Waals surface area contributed by atoms with Crippen molar-refractivity contribution in [3.63, 3.8) is 0 Å². The van der Waals surface area contributed by atoms with Crippen LogP contribution in [0.5, 0.6) is 0 Å². The second-order valence-corrected chi connectivity index (χ2v) is 4.52. The van der Waals surface area contributed by atoms with E-state index in [-0.39, 0.29) is 0 Å². The molecule has 0 bridgehead atoms. The van der Waals surface area contributed by atoms with E-state index >= 15 is 0 Å². The van der Waals surface area contributed by atoms with Crippen LogP contribution in [-0.2, 0) is 18.3 Å². The van der Waals surface area contributed by atoms with Gasteiger partial charge in [0.2, 0.25) is 0 Å². The highest BCUT2D eigenvalue weighted by Gasteiger charge is 2.06. The lowest BCUT2D eigenvalue weighted by Crippen LogP contribution is -2.02. The van der Waals surface area contributed by atoms with Crippen molar-refractivity contribution in [1.82, 2.24) is 19.3 Å². The van der Waals surface area contributed by atoms with Gasteiger partial charge in [0, 0.05) is 43.4 Å². The summed E-state index contributed by atoms with van der Waals surface area (Å²) in [6, 6.07) is 8.39. The van der Waals surface area contributed by atoms with Gasteiger partial charge in [-0.2, -0.15) is 5.10 Å². The van der Waals surface area contributed by atoms with Gasteiger partial charge >= 0.3 is 0 Å². The van der Waals surface area contributed by atoms with Crippen molar-refractivity contribution in [1.29, 1.82) is 0 Å². The lowest BCUT2D eigenvalue weighted by Gasteiger charge is -2.04. The smallest absolute Gasteiger partial charge is 0.181 e. The zero-order valence-electron chi connectivity index (χ0n) is 11.1. The number of aromatic nitrogens is 4. The quantitative estimate of drug-likeness (QED) is 0.718. The first-order valence-electron chi connectivity index (χ1n) is 6.22. The summed E-state index contributed by atoms with van der Waals surface area (Å²) in [5, 5.41) is 5.52. The Hall–Kier alpha value is -2.14. The molecule has 0 aliphatic carbocycles. The van der Waals surface area contributed by atoms with Gasteiger partial charge < -0.3 is 9.30 Å². The average Bonchev–Trinajstić information content (AvgIpc) is 3.02. The van der Waals surface area contributed by atoms with Crippen molar-refractivity contribution in [2.75, 3.05) is 13.7 Å². The van der Waals surface area contributed by atoms with Crippen LogP contribution >= 0.6 is 0 Å². The van der Waals surface area contributed by atoms with Crippen LogP contribution in [0.15, 0.2) is 36.8 Å². The maximum absolute atomic E-state index is 5.12. The van der Waals surface area contributed by atoms with Crippen molar-refractivity contribution >= 4 is 10.9 Å². The third-order valence-corrected chi connectivity index (χ3v) is 3.17. The van der Waals surface area contributed by atoms with Gasteiger partial charge in [-0.3, -0.25) is 4.68 Å². The molecule has 2 heterocycles. The normalized spacial score (nSPS) is 11.3. The zero-order valence-corrected chi connectivity index (χ0v) is 11.1. The van der Waals surface area contributed by atoms with E-state index < -0.39 is 0 Å². The molecule has 0 saturated carbocycles. The molecule has 0 amide bonds. The standard InChI is InChI=1S/C14H16N4O/c1-17-10-15-14(16-17)12-3-4-13-11(9-12)5-6-18(13)7-8-19-2/h3-6,9-10H,7-8H2,1-2H3. The van der Waals surface area contributed by atoms with Gasteiger partial charge in [0.25, 0.3) is 0 Å².